The normalized spacial score (nSPS) is 10.6. The van der Waals surface area contributed by atoms with Gasteiger partial charge in [-0.3, -0.25) is 0 Å². The van der Waals surface area contributed by atoms with E-state index in [0.717, 1.165) is 27.8 Å². The Labute approximate surface area is 157 Å². The van der Waals surface area contributed by atoms with Crippen molar-refractivity contribution < 1.29 is 9.47 Å². The molecule has 3 aromatic carbocycles. The van der Waals surface area contributed by atoms with Gasteiger partial charge in [-0.05, 0) is 11.1 Å². The maximum Gasteiger partial charge on any atom is 0.142 e. The molecular formula is C23H18N2O2. The van der Waals surface area contributed by atoms with E-state index in [1.165, 1.54) is 0 Å². The minimum Gasteiger partial charge on any atom is -0.496 e. The maximum atomic E-state index is 9.76. The maximum absolute atomic E-state index is 9.76. The average Bonchev–Trinajstić information content (AvgIpc) is 3.14. The molecular weight excluding hydrogens is 336 g/mol. The molecule has 0 amide bonds. The number of hydrogen-bond acceptors (Lipinski definition) is 3. The number of nitrogens with one attached hydrogen (secondary N) is 1. The van der Waals surface area contributed by atoms with Crippen LogP contribution in [0.3, 0.4) is 0 Å². The van der Waals surface area contributed by atoms with E-state index in [9.17, 15) is 5.26 Å². The molecule has 0 fully saturated rings. The predicted molar refractivity (Wildman–Crippen MR) is 107 cm³/mol. The fourth-order valence-electron chi connectivity index (χ4n) is 3.47. The molecule has 27 heavy (non-hydrogen) atoms. The molecule has 4 aromatic rings. The summed E-state index contributed by atoms with van der Waals surface area (Å²) in [7, 11) is 3.19. The van der Waals surface area contributed by atoms with Crippen LogP contribution in [0.1, 0.15) is 5.56 Å². The number of nitrogens with zero attached hydrogens (tertiary/aromatic N) is 1. The molecule has 0 aliphatic carbocycles. The number of methoxy groups -OCH3 is 2. The van der Waals surface area contributed by atoms with Crippen LogP contribution in [0.5, 0.6) is 11.5 Å². The fourth-order valence-corrected chi connectivity index (χ4v) is 3.47. The van der Waals surface area contributed by atoms with Crippen LogP contribution >= 0.6 is 0 Å². The molecule has 4 rings (SSSR count). The van der Waals surface area contributed by atoms with Crippen molar-refractivity contribution in [1.29, 1.82) is 5.26 Å². The van der Waals surface area contributed by atoms with E-state index in [4.69, 9.17) is 9.47 Å². The molecule has 0 saturated heterocycles. The molecule has 0 saturated carbocycles. The first-order valence-corrected chi connectivity index (χ1v) is 8.60. The highest BCUT2D eigenvalue weighted by Crippen LogP contribution is 2.45. The Hall–Kier alpha value is -3.71. The fraction of sp³-hybridized carbons (Fsp3) is 0.0870. The molecule has 0 bridgehead atoms. The van der Waals surface area contributed by atoms with Crippen LogP contribution in [0.25, 0.3) is 33.3 Å². The highest BCUT2D eigenvalue weighted by molar-refractivity contribution is 6.09. The number of fused-ring (bicyclic) bond motifs is 1. The minimum absolute atomic E-state index is 0.465. The van der Waals surface area contributed by atoms with Crippen molar-refractivity contribution in [3.05, 3.63) is 72.3 Å². The zero-order valence-corrected chi connectivity index (χ0v) is 15.1. The molecule has 0 radical (unpaired) electrons. The first kappa shape index (κ1) is 16.7. The highest BCUT2D eigenvalue weighted by Gasteiger charge is 2.23. The van der Waals surface area contributed by atoms with Gasteiger partial charge in [-0.25, -0.2) is 0 Å². The standard InChI is InChI=1S/C23H18N2O2/c1-26-18-13-19(27-2)21-20(15-9-5-3-6-10-15)22(16-11-7-4-8-12-16)25-23(21)17(18)14-24/h3-13,25H,1-2H3. The zero-order chi connectivity index (χ0) is 18.8. The number of aromatic amines is 1. The summed E-state index contributed by atoms with van der Waals surface area (Å²) in [5, 5.41) is 10.6. The summed E-state index contributed by atoms with van der Waals surface area (Å²) >= 11 is 0. The van der Waals surface area contributed by atoms with Crippen LogP contribution in [0.15, 0.2) is 66.7 Å². The number of aromatic nitrogens is 1. The van der Waals surface area contributed by atoms with Crippen LogP contribution in [-0.4, -0.2) is 19.2 Å². The van der Waals surface area contributed by atoms with Gasteiger partial charge in [0.25, 0.3) is 0 Å². The van der Waals surface area contributed by atoms with Crippen LogP contribution in [0.2, 0.25) is 0 Å². The van der Waals surface area contributed by atoms with Crippen molar-refractivity contribution in [1.82, 2.24) is 4.98 Å². The third-order valence-electron chi connectivity index (χ3n) is 4.68. The van der Waals surface area contributed by atoms with E-state index in [1.54, 1.807) is 20.3 Å². The lowest BCUT2D eigenvalue weighted by Gasteiger charge is -2.10. The Morgan fingerprint density at radius 3 is 1.96 bits per heavy atom. The Morgan fingerprint density at radius 1 is 0.815 bits per heavy atom. The lowest BCUT2D eigenvalue weighted by molar-refractivity contribution is 0.397. The van der Waals surface area contributed by atoms with Crippen LogP contribution in [0.4, 0.5) is 0 Å². The second-order valence-electron chi connectivity index (χ2n) is 6.12. The van der Waals surface area contributed by atoms with Gasteiger partial charge in [0, 0.05) is 11.6 Å². The van der Waals surface area contributed by atoms with Crippen LogP contribution < -0.4 is 9.47 Å². The molecule has 1 heterocycles. The van der Waals surface area contributed by atoms with Crippen molar-refractivity contribution in [2.45, 2.75) is 0 Å². The molecule has 1 aromatic heterocycles. The van der Waals surface area contributed by atoms with Crippen molar-refractivity contribution in [2.24, 2.45) is 0 Å². The number of benzene rings is 3. The summed E-state index contributed by atoms with van der Waals surface area (Å²) < 4.78 is 11.1. The summed E-state index contributed by atoms with van der Waals surface area (Å²) in [5.74, 6) is 1.15. The van der Waals surface area contributed by atoms with Gasteiger partial charge in [-0.15, -0.1) is 0 Å². The predicted octanol–water partition coefficient (Wildman–Crippen LogP) is 5.39. The quantitative estimate of drug-likeness (QED) is 0.534. The lowest BCUT2D eigenvalue weighted by Crippen LogP contribution is -1.93. The summed E-state index contributed by atoms with van der Waals surface area (Å²) in [6.07, 6.45) is 0. The number of H-pyrrole nitrogens is 1. The topological polar surface area (TPSA) is 58.0 Å². The Balaban J connectivity index is 2.19. The largest absolute Gasteiger partial charge is 0.496 e. The van der Waals surface area contributed by atoms with Gasteiger partial charge in [0.1, 0.15) is 23.1 Å². The Kier molecular flexibility index (Phi) is 4.27. The third-order valence-corrected chi connectivity index (χ3v) is 4.68. The number of rotatable bonds is 4. The van der Waals surface area contributed by atoms with Crippen molar-refractivity contribution in [3.63, 3.8) is 0 Å². The van der Waals surface area contributed by atoms with Crippen molar-refractivity contribution in [2.75, 3.05) is 14.2 Å². The van der Waals surface area contributed by atoms with Gasteiger partial charge in [0.2, 0.25) is 0 Å². The zero-order valence-electron chi connectivity index (χ0n) is 15.1. The monoisotopic (exact) mass is 354 g/mol. The van der Waals surface area contributed by atoms with Gasteiger partial charge in [-0.1, -0.05) is 60.7 Å². The van der Waals surface area contributed by atoms with E-state index in [-0.39, 0.29) is 0 Å². The molecule has 0 spiro atoms. The van der Waals surface area contributed by atoms with Gasteiger partial charge < -0.3 is 14.5 Å². The molecule has 132 valence electrons. The summed E-state index contributed by atoms with van der Waals surface area (Å²) in [6, 6.07) is 24.2. The number of nitriles is 1. The average molecular weight is 354 g/mol. The van der Waals surface area contributed by atoms with Gasteiger partial charge in [-0.2, -0.15) is 5.26 Å². The Bertz CT molecular complexity index is 1140. The first-order valence-electron chi connectivity index (χ1n) is 8.60. The van der Waals surface area contributed by atoms with Crippen LogP contribution in [-0.2, 0) is 0 Å². The molecule has 0 aliphatic rings. The number of hydrogen-bond donors (Lipinski definition) is 1. The number of ether oxygens (including phenoxy) is 2. The van der Waals surface area contributed by atoms with E-state index in [1.807, 2.05) is 48.5 Å². The Morgan fingerprint density at radius 2 is 1.41 bits per heavy atom. The third kappa shape index (κ3) is 2.70. The minimum atomic E-state index is 0.465. The van der Waals surface area contributed by atoms with Crippen molar-refractivity contribution >= 4 is 10.9 Å². The molecule has 0 atom stereocenters. The van der Waals surface area contributed by atoms with Crippen molar-refractivity contribution in [3.8, 4) is 40.0 Å². The first-order chi connectivity index (χ1) is 13.3. The summed E-state index contributed by atoms with van der Waals surface area (Å²) in [4.78, 5) is 3.47. The van der Waals surface area contributed by atoms with Crippen LogP contribution in [0, 0.1) is 11.3 Å². The second-order valence-corrected chi connectivity index (χ2v) is 6.12. The summed E-state index contributed by atoms with van der Waals surface area (Å²) in [6.45, 7) is 0. The second kappa shape index (κ2) is 6.89. The van der Waals surface area contributed by atoms with Gasteiger partial charge in [0.05, 0.1) is 30.8 Å². The SMILES string of the molecule is COc1cc(OC)c2c(-c3ccccc3)c(-c3ccccc3)[nH]c2c1C#N. The highest BCUT2D eigenvalue weighted by atomic mass is 16.5. The lowest BCUT2D eigenvalue weighted by atomic mass is 9.97. The van der Waals surface area contributed by atoms with E-state index < -0.39 is 0 Å². The van der Waals surface area contributed by atoms with E-state index >= 15 is 0 Å². The molecule has 0 unspecified atom stereocenters. The molecule has 4 nitrogen and oxygen atoms in total. The van der Waals surface area contributed by atoms with Gasteiger partial charge >= 0.3 is 0 Å². The van der Waals surface area contributed by atoms with E-state index in [0.29, 0.717) is 22.6 Å². The molecule has 4 heteroatoms. The summed E-state index contributed by atoms with van der Waals surface area (Å²) in [5.41, 5.74) is 5.22. The smallest absolute Gasteiger partial charge is 0.142 e. The van der Waals surface area contributed by atoms with E-state index in [2.05, 4.69) is 23.2 Å². The molecule has 1 N–H and O–H groups in total. The van der Waals surface area contributed by atoms with Gasteiger partial charge in [0.15, 0.2) is 0 Å². The molecule has 0 aliphatic heterocycles.